The molecule has 2 aromatic rings. The lowest BCUT2D eigenvalue weighted by atomic mass is 9.95. The van der Waals surface area contributed by atoms with E-state index in [1.165, 1.54) is 39.0 Å². The van der Waals surface area contributed by atoms with Gasteiger partial charge in [-0.1, -0.05) is 25.1 Å². The van der Waals surface area contributed by atoms with Crippen LogP contribution in [0.2, 0.25) is 0 Å². The van der Waals surface area contributed by atoms with Crippen LogP contribution in [0.5, 0.6) is 0 Å². The fourth-order valence-electron chi connectivity index (χ4n) is 4.04. The highest BCUT2D eigenvalue weighted by molar-refractivity contribution is 7.90. The van der Waals surface area contributed by atoms with Crippen LogP contribution < -0.4 is 4.72 Å². The van der Waals surface area contributed by atoms with Gasteiger partial charge in [-0.3, -0.25) is 4.79 Å². The maximum atomic E-state index is 15.5. The molecule has 1 heterocycles. The van der Waals surface area contributed by atoms with Crippen molar-refractivity contribution in [2.75, 3.05) is 12.3 Å². The Morgan fingerprint density at radius 1 is 1.24 bits per heavy atom. The lowest BCUT2D eigenvalue weighted by Gasteiger charge is -2.32. The molecule has 0 bridgehead atoms. The third-order valence-corrected chi connectivity index (χ3v) is 7.24. The summed E-state index contributed by atoms with van der Waals surface area (Å²) >= 11 is 0. The number of amides is 1. The zero-order valence-electron chi connectivity index (χ0n) is 18.9. The van der Waals surface area contributed by atoms with Crippen LogP contribution >= 0.6 is 0 Å². The van der Waals surface area contributed by atoms with Gasteiger partial charge < -0.3 is 10.0 Å². The van der Waals surface area contributed by atoms with Gasteiger partial charge in [0.15, 0.2) is 0 Å². The molecule has 1 fully saturated rings. The molecule has 11 heteroatoms. The SMILES string of the molecule is CCS(=N)(=O)N[C@H]1[C@@H](F)CN(C(=O)C(C)(C)O)[C@H]1Cc1cccc(-c2cc(F)cc(F)c2)c1F. The number of hydrogen-bond donors (Lipinski definition) is 3. The summed E-state index contributed by atoms with van der Waals surface area (Å²) in [6.07, 6.45) is -1.98. The van der Waals surface area contributed by atoms with Crippen LogP contribution in [-0.4, -0.2) is 56.3 Å². The summed E-state index contributed by atoms with van der Waals surface area (Å²) in [5.41, 5.74) is -1.95. The Morgan fingerprint density at radius 3 is 2.41 bits per heavy atom. The molecular weight excluding hydrogens is 474 g/mol. The predicted molar refractivity (Wildman–Crippen MR) is 120 cm³/mol. The average Bonchev–Trinajstić information content (AvgIpc) is 3.02. The van der Waals surface area contributed by atoms with Gasteiger partial charge in [-0.25, -0.2) is 31.3 Å². The van der Waals surface area contributed by atoms with Crippen molar-refractivity contribution in [3.8, 4) is 11.1 Å². The van der Waals surface area contributed by atoms with E-state index in [0.717, 1.165) is 17.0 Å². The van der Waals surface area contributed by atoms with Crippen LogP contribution in [0.4, 0.5) is 17.6 Å². The van der Waals surface area contributed by atoms with Crippen LogP contribution in [0, 0.1) is 22.2 Å². The monoisotopic (exact) mass is 501 g/mol. The van der Waals surface area contributed by atoms with Gasteiger partial charge in [0.25, 0.3) is 5.91 Å². The molecule has 6 nitrogen and oxygen atoms in total. The van der Waals surface area contributed by atoms with E-state index in [9.17, 15) is 22.9 Å². The highest BCUT2D eigenvalue weighted by Gasteiger charge is 2.48. The molecule has 1 aliphatic rings. The van der Waals surface area contributed by atoms with Gasteiger partial charge >= 0.3 is 0 Å². The van der Waals surface area contributed by atoms with Gasteiger partial charge in [-0.05, 0) is 43.5 Å². The van der Waals surface area contributed by atoms with Crippen LogP contribution in [0.1, 0.15) is 26.3 Å². The first-order valence-corrected chi connectivity index (χ1v) is 12.4. The Morgan fingerprint density at radius 2 is 1.85 bits per heavy atom. The number of aliphatic hydroxyl groups is 1. The molecule has 1 unspecified atom stereocenters. The number of carbonyl (C=O) groups excluding carboxylic acids is 1. The number of halogens is 4. The third kappa shape index (κ3) is 5.59. The molecular formula is C23H27F4N3O3S. The molecule has 1 amide bonds. The van der Waals surface area contributed by atoms with Gasteiger partial charge in [-0.15, -0.1) is 0 Å². The lowest BCUT2D eigenvalue weighted by Crippen LogP contribution is -2.53. The molecule has 0 spiro atoms. The van der Waals surface area contributed by atoms with Crippen molar-refractivity contribution in [3.63, 3.8) is 0 Å². The first-order valence-electron chi connectivity index (χ1n) is 10.7. The van der Waals surface area contributed by atoms with Crippen LogP contribution in [0.25, 0.3) is 11.1 Å². The van der Waals surface area contributed by atoms with Crippen LogP contribution in [0.3, 0.4) is 0 Å². The minimum absolute atomic E-state index is 0.0228. The van der Waals surface area contributed by atoms with E-state index < -0.39 is 63.7 Å². The number of benzene rings is 2. The fraction of sp³-hybridized carbons (Fsp3) is 0.435. The van der Waals surface area contributed by atoms with Gasteiger partial charge in [0.05, 0.1) is 18.6 Å². The van der Waals surface area contributed by atoms with Crippen molar-refractivity contribution < 1.29 is 31.7 Å². The first-order chi connectivity index (χ1) is 15.7. The van der Waals surface area contributed by atoms with E-state index in [2.05, 4.69) is 4.72 Å². The lowest BCUT2D eigenvalue weighted by molar-refractivity contribution is -0.149. The normalized spacial score (nSPS) is 22.6. The number of alkyl halides is 1. The van der Waals surface area contributed by atoms with Crippen molar-refractivity contribution >= 4 is 15.8 Å². The molecule has 34 heavy (non-hydrogen) atoms. The second-order valence-electron chi connectivity index (χ2n) is 8.85. The summed E-state index contributed by atoms with van der Waals surface area (Å²) in [4.78, 5) is 13.9. The number of carbonyl (C=O) groups is 1. The highest BCUT2D eigenvalue weighted by atomic mass is 32.2. The maximum Gasteiger partial charge on any atom is 0.254 e. The Hall–Kier alpha value is -2.50. The van der Waals surface area contributed by atoms with Gasteiger partial charge in [0.2, 0.25) is 0 Å². The topological polar surface area (TPSA) is 93.5 Å². The molecule has 186 valence electrons. The Balaban J connectivity index is 2.04. The van der Waals surface area contributed by atoms with E-state index in [0.29, 0.717) is 6.07 Å². The summed E-state index contributed by atoms with van der Waals surface area (Å²) < 4.78 is 80.6. The third-order valence-electron chi connectivity index (χ3n) is 5.77. The summed E-state index contributed by atoms with van der Waals surface area (Å²) in [5.74, 6) is -3.50. The van der Waals surface area contributed by atoms with Gasteiger partial charge in [-0.2, -0.15) is 0 Å². The standard InChI is InChI=1S/C23H27F4N3O3S/c1-4-34(28,33)29-21-18(26)12-30(22(31)23(2,3)32)19(21)10-13-6-5-7-17(20(13)27)14-8-15(24)11-16(25)9-14/h5-9,11,18-19,21,32H,4,10,12H2,1-3H3,(H2,28,29,33)/t18-,19-,21-,34?/m0/s1. The van der Waals surface area contributed by atoms with Gasteiger partial charge in [0.1, 0.15) is 39.1 Å². The fourth-order valence-corrected chi connectivity index (χ4v) is 4.96. The second kappa shape index (κ2) is 9.63. The summed E-state index contributed by atoms with van der Waals surface area (Å²) in [7, 11) is -3.38. The maximum absolute atomic E-state index is 15.5. The predicted octanol–water partition coefficient (Wildman–Crippen LogP) is 3.57. The first kappa shape index (κ1) is 26.1. The molecule has 1 aliphatic heterocycles. The molecule has 0 radical (unpaired) electrons. The zero-order valence-corrected chi connectivity index (χ0v) is 19.8. The van der Waals surface area contributed by atoms with E-state index in [1.807, 2.05) is 0 Å². The van der Waals surface area contributed by atoms with E-state index in [1.54, 1.807) is 0 Å². The number of nitrogens with zero attached hydrogens (tertiary/aromatic N) is 1. The Bertz CT molecular complexity index is 1160. The number of nitrogens with one attached hydrogen (secondary N) is 2. The van der Waals surface area contributed by atoms with Crippen molar-refractivity contribution in [1.29, 1.82) is 4.78 Å². The van der Waals surface area contributed by atoms with E-state index >= 15 is 8.78 Å². The van der Waals surface area contributed by atoms with E-state index in [-0.39, 0.29) is 28.9 Å². The highest BCUT2D eigenvalue weighted by Crippen LogP contribution is 2.31. The Labute approximate surface area is 196 Å². The minimum atomic E-state index is -3.38. The quantitative estimate of drug-likeness (QED) is 0.507. The average molecular weight is 502 g/mol. The number of rotatable bonds is 7. The second-order valence-corrected chi connectivity index (χ2v) is 11.0. The smallest absolute Gasteiger partial charge is 0.254 e. The summed E-state index contributed by atoms with van der Waals surface area (Å²) in [5, 5.41) is 10.2. The van der Waals surface area contributed by atoms with Crippen molar-refractivity contribution in [2.45, 2.75) is 51.0 Å². The summed E-state index contributed by atoms with van der Waals surface area (Å²) in [6.45, 7) is 3.51. The molecule has 0 saturated carbocycles. The molecule has 0 aliphatic carbocycles. The minimum Gasteiger partial charge on any atom is -0.381 e. The number of hydrogen-bond acceptors (Lipinski definition) is 4. The Kier molecular flexibility index (Phi) is 7.40. The van der Waals surface area contributed by atoms with Crippen molar-refractivity contribution in [3.05, 3.63) is 59.4 Å². The van der Waals surface area contributed by atoms with E-state index in [4.69, 9.17) is 4.78 Å². The molecule has 2 aromatic carbocycles. The molecule has 3 N–H and O–H groups in total. The van der Waals surface area contributed by atoms with Crippen LogP contribution in [-0.2, 0) is 21.1 Å². The van der Waals surface area contributed by atoms with Gasteiger partial charge in [0, 0.05) is 17.4 Å². The molecule has 3 rings (SSSR count). The molecule has 1 saturated heterocycles. The zero-order chi connectivity index (χ0) is 25.4. The largest absolute Gasteiger partial charge is 0.381 e. The molecule has 0 aromatic heterocycles. The van der Waals surface area contributed by atoms with Crippen molar-refractivity contribution in [2.24, 2.45) is 0 Å². The van der Waals surface area contributed by atoms with Crippen molar-refractivity contribution in [1.82, 2.24) is 9.62 Å². The molecule has 4 atom stereocenters. The summed E-state index contributed by atoms with van der Waals surface area (Å²) in [6, 6.07) is 4.46. The van der Waals surface area contributed by atoms with Crippen LogP contribution in [0.15, 0.2) is 36.4 Å². The number of likely N-dealkylation sites (tertiary alicyclic amines) is 1.